The quantitative estimate of drug-likeness (QED) is 0.693. The second-order valence-electron chi connectivity index (χ2n) is 5.43. The Morgan fingerprint density at radius 3 is 3.25 bits per heavy atom. The maximum atomic E-state index is 3.72. The van der Waals surface area contributed by atoms with Crippen LogP contribution in [-0.4, -0.2) is 19.1 Å². The smallest absolute Gasteiger partial charge is 0.0379 e. The zero-order chi connectivity index (χ0) is 10.5. The number of nitrogens with one attached hydrogen (secondary N) is 2. The summed E-state index contributed by atoms with van der Waals surface area (Å²) in [5.41, 5.74) is 4.69. The minimum absolute atomic E-state index is 0.737. The van der Waals surface area contributed by atoms with Crippen molar-refractivity contribution >= 4 is 5.69 Å². The lowest BCUT2D eigenvalue weighted by atomic mass is 9.71. The van der Waals surface area contributed by atoms with Crippen LogP contribution >= 0.6 is 0 Å². The number of hydrogen-bond donors (Lipinski definition) is 2. The molecule has 0 aromatic heterocycles. The van der Waals surface area contributed by atoms with Gasteiger partial charge >= 0.3 is 0 Å². The van der Waals surface area contributed by atoms with Crippen LogP contribution in [0.4, 0.5) is 5.69 Å². The lowest BCUT2D eigenvalue weighted by Crippen LogP contribution is -2.43. The molecule has 3 atom stereocenters. The maximum Gasteiger partial charge on any atom is 0.0379 e. The van der Waals surface area contributed by atoms with Crippen molar-refractivity contribution in [3.05, 3.63) is 29.3 Å². The Labute approximate surface area is 96.4 Å². The molecule has 1 aromatic carbocycles. The summed E-state index contributed by atoms with van der Waals surface area (Å²) in [6.07, 6.45) is 4.05. The molecule has 0 amide bonds. The van der Waals surface area contributed by atoms with Crippen LogP contribution in [0.25, 0.3) is 0 Å². The molecule has 16 heavy (non-hydrogen) atoms. The fourth-order valence-corrected chi connectivity index (χ4v) is 3.93. The standard InChI is InChI=1S/C14H18N2/c1-3-11-10-4-2-6-15-13(10)7-9-8-16-12(5-1)14(9)11/h1,3,5,9-10,13,15-16H,2,4,6-8H2/t9?,10?,13-/m1/s1. The SMILES string of the molecule is c1cc2c3c(c1)C1CCCN[C@@H]1CC3CN2. The Kier molecular flexibility index (Phi) is 1.83. The third-order valence-corrected chi connectivity index (χ3v) is 4.61. The van der Waals surface area contributed by atoms with Crippen molar-refractivity contribution < 1.29 is 0 Å². The van der Waals surface area contributed by atoms with E-state index >= 15 is 0 Å². The molecule has 0 bridgehead atoms. The summed E-state index contributed by atoms with van der Waals surface area (Å²) in [6.45, 7) is 2.37. The normalized spacial score (nSPS) is 35.1. The number of piperidine rings is 1. The summed E-state index contributed by atoms with van der Waals surface area (Å²) < 4.78 is 0. The highest BCUT2D eigenvalue weighted by molar-refractivity contribution is 5.63. The van der Waals surface area contributed by atoms with E-state index in [1.807, 2.05) is 0 Å². The molecular weight excluding hydrogens is 196 g/mol. The number of anilines is 1. The molecule has 1 aromatic rings. The van der Waals surface area contributed by atoms with Gasteiger partial charge in [0.25, 0.3) is 0 Å². The van der Waals surface area contributed by atoms with Gasteiger partial charge in [0, 0.05) is 24.2 Å². The lowest BCUT2D eigenvalue weighted by molar-refractivity contribution is 0.303. The molecule has 0 spiro atoms. The molecule has 1 aliphatic carbocycles. The van der Waals surface area contributed by atoms with Gasteiger partial charge in [-0.1, -0.05) is 12.1 Å². The van der Waals surface area contributed by atoms with E-state index in [4.69, 9.17) is 0 Å². The minimum atomic E-state index is 0.737. The van der Waals surface area contributed by atoms with Crippen LogP contribution < -0.4 is 10.6 Å². The van der Waals surface area contributed by atoms with Crippen LogP contribution in [0.2, 0.25) is 0 Å². The minimum Gasteiger partial charge on any atom is -0.384 e. The summed E-state index contributed by atoms with van der Waals surface area (Å²) >= 11 is 0. The van der Waals surface area contributed by atoms with E-state index < -0.39 is 0 Å². The highest BCUT2D eigenvalue weighted by Gasteiger charge is 2.39. The van der Waals surface area contributed by atoms with Gasteiger partial charge in [0.15, 0.2) is 0 Å². The Bertz CT molecular complexity index is 427. The monoisotopic (exact) mass is 214 g/mol. The van der Waals surface area contributed by atoms with Gasteiger partial charge in [-0.15, -0.1) is 0 Å². The molecular formula is C14H18N2. The molecule has 2 heteroatoms. The molecule has 1 fully saturated rings. The summed E-state index contributed by atoms with van der Waals surface area (Å²) in [7, 11) is 0. The van der Waals surface area contributed by atoms with Crippen molar-refractivity contribution in [1.82, 2.24) is 5.32 Å². The molecule has 0 radical (unpaired) electrons. The fourth-order valence-electron chi connectivity index (χ4n) is 3.93. The van der Waals surface area contributed by atoms with Crippen LogP contribution in [0.5, 0.6) is 0 Å². The number of rotatable bonds is 0. The van der Waals surface area contributed by atoms with Crippen molar-refractivity contribution in [2.45, 2.75) is 37.1 Å². The predicted octanol–water partition coefficient (Wildman–Crippen LogP) is 2.43. The van der Waals surface area contributed by atoms with E-state index in [0.29, 0.717) is 0 Å². The molecule has 0 saturated carbocycles. The first kappa shape index (κ1) is 9.06. The van der Waals surface area contributed by atoms with E-state index in [-0.39, 0.29) is 0 Å². The van der Waals surface area contributed by atoms with Crippen LogP contribution in [0.3, 0.4) is 0 Å². The van der Waals surface area contributed by atoms with Gasteiger partial charge in [0.2, 0.25) is 0 Å². The van der Waals surface area contributed by atoms with Gasteiger partial charge in [0.05, 0.1) is 0 Å². The van der Waals surface area contributed by atoms with Crippen molar-refractivity contribution in [2.75, 3.05) is 18.4 Å². The fraction of sp³-hybridized carbons (Fsp3) is 0.571. The average molecular weight is 214 g/mol. The van der Waals surface area contributed by atoms with E-state index in [2.05, 4.69) is 28.8 Å². The van der Waals surface area contributed by atoms with Gasteiger partial charge in [-0.25, -0.2) is 0 Å². The lowest BCUT2D eigenvalue weighted by Gasteiger charge is -2.40. The predicted molar refractivity (Wildman–Crippen MR) is 66.1 cm³/mol. The number of hydrogen-bond acceptors (Lipinski definition) is 2. The van der Waals surface area contributed by atoms with Crippen LogP contribution in [0.1, 0.15) is 42.2 Å². The van der Waals surface area contributed by atoms with Crippen molar-refractivity contribution in [2.24, 2.45) is 0 Å². The molecule has 2 N–H and O–H groups in total. The van der Waals surface area contributed by atoms with E-state index in [9.17, 15) is 0 Å². The number of fused-ring (bicyclic) bond motifs is 2. The Morgan fingerprint density at radius 1 is 1.25 bits per heavy atom. The van der Waals surface area contributed by atoms with Gasteiger partial charge in [-0.3, -0.25) is 0 Å². The summed E-state index contributed by atoms with van der Waals surface area (Å²) in [4.78, 5) is 0. The maximum absolute atomic E-state index is 3.72. The number of benzene rings is 1. The van der Waals surface area contributed by atoms with Gasteiger partial charge in [0.1, 0.15) is 0 Å². The Hall–Kier alpha value is -1.02. The molecule has 2 nitrogen and oxygen atoms in total. The highest BCUT2D eigenvalue weighted by Crippen LogP contribution is 2.48. The zero-order valence-corrected chi connectivity index (χ0v) is 9.50. The van der Waals surface area contributed by atoms with Crippen molar-refractivity contribution in [3.8, 4) is 0 Å². The van der Waals surface area contributed by atoms with Crippen molar-refractivity contribution in [1.29, 1.82) is 0 Å². The second kappa shape index (κ2) is 3.24. The summed E-state index contributed by atoms with van der Waals surface area (Å²) in [5.74, 6) is 1.54. The van der Waals surface area contributed by atoms with Crippen molar-refractivity contribution in [3.63, 3.8) is 0 Å². The first-order chi connectivity index (χ1) is 7.93. The molecule has 84 valence electrons. The molecule has 2 heterocycles. The summed E-state index contributed by atoms with van der Waals surface area (Å²) in [6, 6.07) is 7.57. The molecule has 4 rings (SSSR count). The summed E-state index contributed by atoms with van der Waals surface area (Å²) in [5, 5.41) is 7.29. The first-order valence-electron chi connectivity index (χ1n) is 6.53. The van der Waals surface area contributed by atoms with E-state index in [0.717, 1.165) is 24.4 Å². The molecule has 3 aliphatic rings. The van der Waals surface area contributed by atoms with E-state index in [1.54, 1.807) is 11.1 Å². The van der Waals surface area contributed by atoms with Gasteiger partial charge in [-0.05, 0) is 48.9 Å². The average Bonchev–Trinajstić information content (AvgIpc) is 2.75. The Balaban J connectivity index is 1.86. The molecule has 1 saturated heterocycles. The van der Waals surface area contributed by atoms with Gasteiger partial charge in [-0.2, -0.15) is 0 Å². The first-order valence-corrected chi connectivity index (χ1v) is 6.53. The third kappa shape index (κ3) is 1.11. The second-order valence-corrected chi connectivity index (χ2v) is 5.43. The topological polar surface area (TPSA) is 24.1 Å². The Morgan fingerprint density at radius 2 is 2.25 bits per heavy atom. The highest BCUT2D eigenvalue weighted by atomic mass is 15.0. The van der Waals surface area contributed by atoms with Crippen LogP contribution in [-0.2, 0) is 0 Å². The van der Waals surface area contributed by atoms with Crippen LogP contribution in [0, 0.1) is 0 Å². The molecule has 2 aliphatic heterocycles. The van der Waals surface area contributed by atoms with E-state index in [1.165, 1.54) is 31.5 Å². The third-order valence-electron chi connectivity index (χ3n) is 4.61. The zero-order valence-electron chi connectivity index (χ0n) is 9.50. The largest absolute Gasteiger partial charge is 0.384 e. The van der Waals surface area contributed by atoms with Crippen LogP contribution in [0.15, 0.2) is 18.2 Å². The van der Waals surface area contributed by atoms with Gasteiger partial charge < -0.3 is 10.6 Å². The molecule has 2 unspecified atom stereocenters.